The van der Waals surface area contributed by atoms with Crippen molar-refractivity contribution in [3.05, 3.63) is 54.6 Å². The van der Waals surface area contributed by atoms with Gasteiger partial charge in [0.2, 0.25) is 10.0 Å². The molecule has 28 heavy (non-hydrogen) atoms. The average Bonchev–Trinajstić information content (AvgIpc) is 2.74. The van der Waals surface area contributed by atoms with Crippen LogP contribution in [-0.4, -0.2) is 56.0 Å². The third-order valence-corrected chi connectivity index (χ3v) is 6.74. The van der Waals surface area contributed by atoms with Crippen molar-refractivity contribution in [1.29, 1.82) is 0 Å². The molecule has 0 saturated carbocycles. The van der Waals surface area contributed by atoms with Crippen LogP contribution >= 0.6 is 0 Å². The summed E-state index contributed by atoms with van der Waals surface area (Å²) in [6.07, 6.45) is 1.33. The van der Waals surface area contributed by atoms with Gasteiger partial charge in [-0.15, -0.1) is 0 Å². The monoisotopic (exact) mass is 402 g/mol. The topological polar surface area (TPSA) is 75.6 Å². The fraction of sp³-hybridized carbons (Fsp3) is 0.263. The summed E-state index contributed by atoms with van der Waals surface area (Å²) in [6, 6.07) is 11.1. The zero-order chi connectivity index (χ0) is 19.7. The number of piperazine rings is 1. The van der Waals surface area contributed by atoms with Crippen molar-refractivity contribution in [3.8, 4) is 5.75 Å². The van der Waals surface area contributed by atoms with E-state index in [-0.39, 0.29) is 10.4 Å². The van der Waals surface area contributed by atoms with Gasteiger partial charge in [-0.3, -0.25) is 0 Å². The van der Waals surface area contributed by atoms with Crippen molar-refractivity contribution in [2.45, 2.75) is 4.90 Å². The normalized spacial score (nSPS) is 15.7. The van der Waals surface area contributed by atoms with Crippen molar-refractivity contribution < 1.29 is 17.5 Å². The molecule has 0 amide bonds. The highest BCUT2D eigenvalue weighted by atomic mass is 32.2. The Morgan fingerprint density at radius 2 is 1.71 bits per heavy atom. The van der Waals surface area contributed by atoms with E-state index < -0.39 is 15.8 Å². The maximum Gasteiger partial charge on any atom is 0.243 e. The molecule has 2 aromatic carbocycles. The van der Waals surface area contributed by atoms with Crippen LogP contribution in [0.25, 0.3) is 10.9 Å². The Balaban J connectivity index is 1.54. The molecule has 2 heterocycles. The molecule has 1 aliphatic rings. The van der Waals surface area contributed by atoms with E-state index in [1.165, 1.54) is 23.8 Å². The fourth-order valence-electron chi connectivity index (χ4n) is 3.33. The summed E-state index contributed by atoms with van der Waals surface area (Å²) in [5.74, 6) is 0.819. The molecule has 0 spiro atoms. The number of anilines is 1. The molecule has 0 atom stereocenters. The van der Waals surface area contributed by atoms with Gasteiger partial charge >= 0.3 is 0 Å². The van der Waals surface area contributed by atoms with E-state index in [0.29, 0.717) is 43.1 Å². The van der Waals surface area contributed by atoms with Gasteiger partial charge in [0.15, 0.2) is 0 Å². The standard InChI is InChI=1S/C19H19FN4O3S/c1-27-14-5-7-15(8-6-14)28(25,26)24-11-9-23(10-12-24)19-16-3-2-4-17(20)18(16)21-13-22-19/h2-8,13H,9-12H2,1H3. The number of hydrogen-bond acceptors (Lipinski definition) is 6. The van der Waals surface area contributed by atoms with E-state index in [9.17, 15) is 12.8 Å². The van der Waals surface area contributed by atoms with Crippen LogP contribution in [0.4, 0.5) is 10.2 Å². The van der Waals surface area contributed by atoms with E-state index >= 15 is 0 Å². The average molecular weight is 402 g/mol. The van der Waals surface area contributed by atoms with Crippen molar-refractivity contribution in [2.24, 2.45) is 0 Å². The Hall–Kier alpha value is -2.78. The summed E-state index contributed by atoms with van der Waals surface area (Å²) in [6.45, 7) is 1.54. The van der Waals surface area contributed by atoms with E-state index in [1.54, 1.807) is 36.4 Å². The first kappa shape index (κ1) is 18.6. The van der Waals surface area contributed by atoms with Gasteiger partial charge in [0.05, 0.1) is 12.0 Å². The predicted octanol–water partition coefficient (Wildman–Crippen LogP) is 2.29. The van der Waals surface area contributed by atoms with Crippen LogP contribution in [0.15, 0.2) is 53.7 Å². The number of ether oxygens (including phenoxy) is 1. The molecule has 1 saturated heterocycles. The predicted molar refractivity (Wildman–Crippen MR) is 103 cm³/mol. The number of halogens is 1. The molecule has 0 unspecified atom stereocenters. The van der Waals surface area contributed by atoms with Crippen LogP contribution in [0, 0.1) is 5.82 Å². The van der Waals surface area contributed by atoms with Crippen molar-refractivity contribution in [3.63, 3.8) is 0 Å². The maximum atomic E-state index is 14.0. The van der Waals surface area contributed by atoms with Crippen LogP contribution in [0.1, 0.15) is 0 Å². The number of methoxy groups -OCH3 is 1. The lowest BCUT2D eigenvalue weighted by molar-refractivity contribution is 0.384. The number of para-hydroxylation sites is 1. The largest absolute Gasteiger partial charge is 0.497 e. The van der Waals surface area contributed by atoms with E-state index in [1.807, 2.05) is 4.90 Å². The second kappa shape index (κ2) is 7.33. The van der Waals surface area contributed by atoms with Gasteiger partial charge in [-0.2, -0.15) is 4.31 Å². The van der Waals surface area contributed by atoms with Gasteiger partial charge in [-0.25, -0.2) is 22.8 Å². The van der Waals surface area contributed by atoms with Gasteiger partial charge < -0.3 is 9.64 Å². The Morgan fingerprint density at radius 3 is 2.39 bits per heavy atom. The quantitative estimate of drug-likeness (QED) is 0.667. The molecular weight excluding hydrogens is 383 g/mol. The lowest BCUT2D eigenvalue weighted by atomic mass is 10.2. The minimum atomic E-state index is -3.58. The first-order valence-electron chi connectivity index (χ1n) is 8.79. The third kappa shape index (κ3) is 3.27. The van der Waals surface area contributed by atoms with Crippen molar-refractivity contribution in [1.82, 2.24) is 14.3 Å². The minimum Gasteiger partial charge on any atom is -0.497 e. The second-order valence-electron chi connectivity index (χ2n) is 6.40. The van der Waals surface area contributed by atoms with Gasteiger partial charge in [0, 0.05) is 31.6 Å². The van der Waals surface area contributed by atoms with Crippen LogP contribution in [-0.2, 0) is 10.0 Å². The molecule has 0 aliphatic carbocycles. The highest BCUT2D eigenvalue weighted by Crippen LogP contribution is 2.27. The number of sulfonamides is 1. The molecule has 146 valence electrons. The lowest BCUT2D eigenvalue weighted by Gasteiger charge is -2.35. The smallest absolute Gasteiger partial charge is 0.243 e. The molecule has 1 fully saturated rings. The number of fused-ring (bicyclic) bond motifs is 1. The molecular formula is C19H19FN4O3S. The van der Waals surface area contributed by atoms with E-state index in [0.717, 1.165) is 0 Å². The van der Waals surface area contributed by atoms with Crippen molar-refractivity contribution in [2.75, 3.05) is 38.2 Å². The zero-order valence-corrected chi connectivity index (χ0v) is 16.1. The highest BCUT2D eigenvalue weighted by molar-refractivity contribution is 7.89. The Morgan fingerprint density at radius 1 is 1.00 bits per heavy atom. The van der Waals surface area contributed by atoms with E-state index in [2.05, 4.69) is 9.97 Å². The van der Waals surface area contributed by atoms with Gasteiger partial charge in [0.25, 0.3) is 0 Å². The summed E-state index contributed by atoms with van der Waals surface area (Å²) in [4.78, 5) is 10.5. The van der Waals surface area contributed by atoms with Crippen molar-refractivity contribution >= 4 is 26.7 Å². The van der Waals surface area contributed by atoms with Crippen LogP contribution in [0.3, 0.4) is 0 Å². The van der Waals surface area contributed by atoms with Gasteiger partial charge in [-0.05, 0) is 36.4 Å². The maximum absolute atomic E-state index is 14.0. The second-order valence-corrected chi connectivity index (χ2v) is 8.34. The SMILES string of the molecule is COc1ccc(S(=O)(=O)N2CCN(c3ncnc4c(F)cccc34)CC2)cc1. The summed E-state index contributed by atoms with van der Waals surface area (Å²) in [7, 11) is -2.05. The molecule has 9 heteroatoms. The molecule has 0 radical (unpaired) electrons. The van der Waals surface area contributed by atoms with Gasteiger partial charge in [-0.1, -0.05) is 6.07 Å². The Labute approximate surface area is 162 Å². The first-order valence-corrected chi connectivity index (χ1v) is 10.2. The molecule has 1 aliphatic heterocycles. The number of nitrogens with zero attached hydrogens (tertiary/aromatic N) is 4. The molecule has 7 nitrogen and oxygen atoms in total. The summed E-state index contributed by atoms with van der Waals surface area (Å²) < 4.78 is 46.3. The van der Waals surface area contributed by atoms with E-state index in [4.69, 9.17) is 4.74 Å². The highest BCUT2D eigenvalue weighted by Gasteiger charge is 2.29. The molecule has 4 rings (SSSR count). The lowest BCUT2D eigenvalue weighted by Crippen LogP contribution is -2.49. The third-order valence-electron chi connectivity index (χ3n) is 4.83. The molecule has 0 bridgehead atoms. The number of benzene rings is 2. The summed E-state index contributed by atoms with van der Waals surface area (Å²) in [5.41, 5.74) is 0.265. The Kier molecular flexibility index (Phi) is 4.86. The number of aromatic nitrogens is 2. The molecule has 3 aromatic rings. The molecule has 0 N–H and O–H groups in total. The van der Waals surface area contributed by atoms with Gasteiger partial charge in [0.1, 0.15) is 29.2 Å². The van der Waals surface area contributed by atoms with Crippen LogP contribution < -0.4 is 9.64 Å². The minimum absolute atomic E-state index is 0.233. The Bertz CT molecular complexity index is 1100. The fourth-order valence-corrected chi connectivity index (χ4v) is 4.75. The van der Waals surface area contributed by atoms with Crippen LogP contribution in [0.2, 0.25) is 0 Å². The zero-order valence-electron chi connectivity index (χ0n) is 15.2. The molecule has 1 aromatic heterocycles. The number of rotatable bonds is 4. The number of hydrogen-bond donors (Lipinski definition) is 0. The van der Waals surface area contributed by atoms with Crippen LogP contribution in [0.5, 0.6) is 5.75 Å². The summed E-state index contributed by atoms with van der Waals surface area (Å²) >= 11 is 0. The summed E-state index contributed by atoms with van der Waals surface area (Å²) in [5, 5.41) is 0.619. The first-order chi connectivity index (χ1) is 13.5.